The summed E-state index contributed by atoms with van der Waals surface area (Å²) >= 11 is 0. The number of morpholine rings is 1. The number of halogens is 3. The smallest absolute Gasteiger partial charge is 0.410 e. The Kier molecular flexibility index (Phi) is 8.87. The van der Waals surface area contributed by atoms with Gasteiger partial charge in [0, 0.05) is 56.5 Å². The molecule has 5 rings (SSSR count). The Bertz CT molecular complexity index is 1540. The quantitative estimate of drug-likeness (QED) is 0.354. The summed E-state index contributed by atoms with van der Waals surface area (Å²) in [6, 6.07) is 4.58. The van der Waals surface area contributed by atoms with E-state index >= 15 is 0 Å². The summed E-state index contributed by atoms with van der Waals surface area (Å²) in [5, 5.41) is 0. The number of aromatic nitrogens is 2. The Hall–Kier alpha value is -4.13. The van der Waals surface area contributed by atoms with Crippen molar-refractivity contribution in [2.24, 2.45) is 0 Å². The summed E-state index contributed by atoms with van der Waals surface area (Å²) in [5.74, 6) is -4.24. The normalized spacial score (nSPS) is 18.0. The summed E-state index contributed by atoms with van der Waals surface area (Å²) in [6.45, 7) is 10.1. The number of anilines is 1. The monoisotopic (exact) mass is 615 g/mol. The highest BCUT2D eigenvalue weighted by Crippen LogP contribution is 2.31. The number of ether oxygens (including phenoxy) is 3. The van der Waals surface area contributed by atoms with Crippen LogP contribution in [0.2, 0.25) is 0 Å². The van der Waals surface area contributed by atoms with Gasteiger partial charge in [0.2, 0.25) is 0 Å². The Morgan fingerprint density at radius 2 is 1.75 bits per heavy atom. The zero-order valence-corrected chi connectivity index (χ0v) is 25.4. The van der Waals surface area contributed by atoms with E-state index in [2.05, 4.69) is 4.98 Å². The first-order valence-corrected chi connectivity index (χ1v) is 14.5. The number of hydrogen-bond donors (Lipinski definition) is 0. The van der Waals surface area contributed by atoms with Crippen molar-refractivity contribution in [1.29, 1.82) is 0 Å². The van der Waals surface area contributed by atoms with Crippen molar-refractivity contribution in [3.63, 3.8) is 0 Å². The van der Waals surface area contributed by atoms with Crippen LogP contribution in [-0.2, 0) is 9.47 Å². The lowest BCUT2D eigenvalue weighted by atomic mass is 10.0. The van der Waals surface area contributed by atoms with E-state index in [1.807, 2.05) is 4.90 Å². The zero-order valence-electron chi connectivity index (χ0n) is 25.4. The highest BCUT2D eigenvalue weighted by atomic mass is 19.2. The van der Waals surface area contributed by atoms with Gasteiger partial charge in [-0.2, -0.15) is 0 Å². The molecule has 0 aliphatic carbocycles. The number of fused-ring (bicyclic) bond motifs is 1. The van der Waals surface area contributed by atoms with Crippen LogP contribution in [-0.4, -0.2) is 89.9 Å². The second-order valence-corrected chi connectivity index (χ2v) is 12.0. The van der Waals surface area contributed by atoms with E-state index in [0.29, 0.717) is 73.8 Å². The molecule has 1 unspecified atom stereocenters. The van der Waals surface area contributed by atoms with Crippen molar-refractivity contribution in [3.05, 3.63) is 59.0 Å². The molecule has 0 bridgehead atoms. The van der Waals surface area contributed by atoms with Crippen LogP contribution in [0.5, 0.6) is 5.75 Å². The SMILES string of the molecule is CC(Oc1cc(F)c(F)c(F)c1)c1cc(C(=O)N2CC[C@H](N(C)C(=O)OC(C)(C)C)C2)cc2ncc(N3CCOCC3)nc12. The van der Waals surface area contributed by atoms with Gasteiger partial charge in [0.1, 0.15) is 23.3 Å². The van der Waals surface area contributed by atoms with E-state index in [9.17, 15) is 22.8 Å². The maximum absolute atomic E-state index is 14.0. The third-order valence-corrected chi connectivity index (χ3v) is 7.63. The average Bonchev–Trinajstić information content (AvgIpc) is 3.48. The van der Waals surface area contributed by atoms with Crippen LogP contribution in [0.4, 0.5) is 23.8 Å². The fraction of sp³-hybridized carbons (Fsp3) is 0.484. The molecule has 2 saturated heterocycles. The molecule has 2 amide bonds. The van der Waals surface area contributed by atoms with Crippen LogP contribution in [0.15, 0.2) is 30.5 Å². The summed E-state index contributed by atoms with van der Waals surface area (Å²) < 4.78 is 58.3. The molecule has 3 aromatic rings. The first-order valence-electron chi connectivity index (χ1n) is 14.5. The molecule has 0 spiro atoms. The van der Waals surface area contributed by atoms with E-state index in [4.69, 9.17) is 19.2 Å². The molecule has 44 heavy (non-hydrogen) atoms. The summed E-state index contributed by atoms with van der Waals surface area (Å²) in [5.41, 5.74) is 1.00. The lowest BCUT2D eigenvalue weighted by Gasteiger charge is -2.28. The number of carbonyl (C=O) groups excluding carboxylic acids is 2. The van der Waals surface area contributed by atoms with Crippen LogP contribution < -0.4 is 9.64 Å². The van der Waals surface area contributed by atoms with E-state index in [1.165, 1.54) is 4.90 Å². The number of nitrogens with zero attached hydrogens (tertiary/aromatic N) is 5. The standard InChI is InChI=1S/C31H36F3N5O5/c1-18(43-21-14-23(32)27(34)24(33)15-21)22-12-19(13-25-28(22)36-26(16-35-25)38-8-10-42-11-9-38)29(40)39-7-6-20(17-39)37(5)30(41)44-31(2,3)4/h12-16,18,20H,6-11,17H2,1-5H3/t18?,20-/m0/s1. The summed E-state index contributed by atoms with van der Waals surface area (Å²) in [7, 11) is 1.66. The molecule has 0 saturated carbocycles. The number of hydrogen-bond acceptors (Lipinski definition) is 8. The Balaban J connectivity index is 1.45. The molecule has 3 heterocycles. The molecule has 2 fully saturated rings. The predicted molar refractivity (Wildman–Crippen MR) is 156 cm³/mol. The van der Waals surface area contributed by atoms with Crippen molar-refractivity contribution < 1.29 is 37.0 Å². The lowest BCUT2D eigenvalue weighted by Crippen LogP contribution is -2.42. The number of carbonyl (C=O) groups is 2. The molecule has 2 aliphatic rings. The molecular weight excluding hydrogens is 579 g/mol. The van der Waals surface area contributed by atoms with Gasteiger partial charge >= 0.3 is 6.09 Å². The highest BCUT2D eigenvalue weighted by Gasteiger charge is 2.34. The fourth-order valence-electron chi connectivity index (χ4n) is 5.29. The second kappa shape index (κ2) is 12.5. The molecule has 0 radical (unpaired) electrons. The number of likely N-dealkylation sites (N-methyl/N-ethyl adjacent to an activating group) is 1. The van der Waals surface area contributed by atoms with Gasteiger partial charge in [-0.25, -0.2) is 22.9 Å². The Labute approximate surface area is 253 Å². The van der Waals surface area contributed by atoms with Gasteiger partial charge in [-0.1, -0.05) is 0 Å². The largest absolute Gasteiger partial charge is 0.486 e. The number of benzene rings is 2. The minimum atomic E-state index is -1.59. The van der Waals surface area contributed by atoms with Crippen LogP contribution in [0.25, 0.3) is 11.0 Å². The van der Waals surface area contributed by atoms with Gasteiger partial charge in [-0.05, 0) is 46.2 Å². The summed E-state index contributed by atoms with van der Waals surface area (Å²) in [4.78, 5) is 41.0. The lowest BCUT2D eigenvalue weighted by molar-refractivity contribution is 0.0226. The van der Waals surface area contributed by atoms with Gasteiger partial charge in [-0.3, -0.25) is 9.78 Å². The molecule has 0 N–H and O–H groups in total. The Morgan fingerprint density at radius 1 is 1.07 bits per heavy atom. The topological polar surface area (TPSA) is 97.3 Å². The van der Waals surface area contributed by atoms with Gasteiger partial charge in [0.15, 0.2) is 17.5 Å². The summed E-state index contributed by atoms with van der Waals surface area (Å²) in [6.07, 6.45) is 0.888. The zero-order chi connectivity index (χ0) is 31.8. The van der Waals surface area contributed by atoms with Crippen LogP contribution in [0.1, 0.15) is 56.1 Å². The maximum atomic E-state index is 14.0. The van der Waals surface area contributed by atoms with Crippen molar-refractivity contribution in [2.45, 2.75) is 51.9 Å². The minimum Gasteiger partial charge on any atom is -0.486 e. The minimum absolute atomic E-state index is 0.219. The van der Waals surface area contributed by atoms with E-state index in [1.54, 1.807) is 58.0 Å². The van der Waals surface area contributed by atoms with Gasteiger partial charge in [-0.15, -0.1) is 0 Å². The van der Waals surface area contributed by atoms with E-state index < -0.39 is 35.2 Å². The van der Waals surface area contributed by atoms with E-state index in [0.717, 1.165) is 12.1 Å². The van der Waals surface area contributed by atoms with Crippen molar-refractivity contribution >= 4 is 28.9 Å². The maximum Gasteiger partial charge on any atom is 0.410 e. The molecule has 13 heteroatoms. The molecule has 236 valence electrons. The molecule has 10 nitrogen and oxygen atoms in total. The van der Waals surface area contributed by atoms with Gasteiger partial charge < -0.3 is 28.9 Å². The first kappa shape index (κ1) is 31.3. The predicted octanol–water partition coefficient (Wildman–Crippen LogP) is 5.11. The highest BCUT2D eigenvalue weighted by molar-refractivity contribution is 5.98. The first-order chi connectivity index (χ1) is 20.8. The molecule has 2 aromatic carbocycles. The van der Waals surface area contributed by atoms with Crippen LogP contribution >= 0.6 is 0 Å². The number of likely N-dealkylation sites (tertiary alicyclic amines) is 1. The Morgan fingerprint density at radius 3 is 2.41 bits per heavy atom. The molecule has 2 aliphatic heterocycles. The number of rotatable bonds is 6. The molecule has 2 atom stereocenters. The number of amides is 2. The third-order valence-electron chi connectivity index (χ3n) is 7.63. The molecular formula is C31H36F3N5O5. The van der Waals surface area contributed by atoms with Crippen LogP contribution in [0, 0.1) is 17.5 Å². The van der Waals surface area contributed by atoms with Crippen molar-refractivity contribution in [2.75, 3.05) is 51.3 Å². The van der Waals surface area contributed by atoms with Gasteiger partial charge in [0.05, 0.1) is 36.5 Å². The average molecular weight is 616 g/mol. The van der Waals surface area contributed by atoms with Gasteiger partial charge in [0.25, 0.3) is 5.91 Å². The van der Waals surface area contributed by atoms with Crippen molar-refractivity contribution in [3.8, 4) is 5.75 Å². The van der Waals surface area contributed by atoms with Crippen LogP contribution in [0.3, 0.4) is 0 Å². The second-order valence-electron chi connectivity index (χ2n) is 12.0. The third kappa shape index (κ3) is 6.82. The molecule has 1 aromatic heterocycles. The van der Waals surface area contributed by atoms with E-state index in [-0.39, 0.29) is 17.7 Å². The van der Waals surface area contributed by atoms with Crippen molar-refractivity contribution in [1.82, 2.24) is 19.8 Å². The fourth-order valence-corrected chi connectivity index (χ4v) is 5.29.